The van der Waals surface area contributed by atoms with Crippen LogP contribution in [0.25, 0.3) is 0 Å². The van der Waals surface area contributed by atoms with Crippen LogP contribution >= 0.6 is 0 Å². The largest absolute Gasteiger partial charge is 0.336 e. The zero-order chi connectivity index (χ0) is 12.8. The van der Waals surface area contributed by atoms with Gasteiger partial charge in [-0.15, -0.1) is 0 Å². The van der Waals surface area contributed by atoms with E-state index < -0.39 is 6.04 Å². The van der Waals surface area contributed by atoms with Crippen LogP contribution in [0, 0.1) is 11.3 Å². The van der Waals surface area contributed by atoms with Crippen molar-refractivity contribution in [2.24, 2.45) is 0 Å². The van der Waals surface area contributed by atoms with E-state index in [0.717, 1.165) is 0 Å². The number of rotatable bonds is 4. The molecule has 1 aromatic carbocycles. The number of hydrogen-bond acceptors (Lipinski definition) is 2. The summed E-state index contributed by atoms with van der Waals surface area (Å²) in [5.74, 6) is 0.267. The van der Waals surface area contributed by atoms with Gasteiger partial charge in [-0.05, 0) is 30.0 Å². The van der Waals surface area contributed by atoms with Crippen molar-refractivity contribution in [3.8, 4) is 6.07 Å². The maximum atomic E-state index is 11.8. The number of carbonyl (C=O) groups is 1. The summed E-state index contributed by atoms with van der Waals surface area (Å²) in [4.78, 5) is 11.8. The quantitative estimate of drug-likeness (QED) is 0.864. The Balaban J connectivity index is 2.74. The third-order valence-corrected chi connectivity index (χ3v) is 2.71. The molecule has 0 spiro atoms. The van der Waals surface area contributed by atoms with Gasteiger partial charge in [-0.25, -0.2) is 0 Å². The number of benzene rings is 1. The van der Waals surface area contributed by atoms with Crippen LogP contribution in [0.2, 0.25) is 0 Å². The van der Waals surface area contributed by atoms with Crippen LogP contribution in [0.1, 0.15) is 49.0 Å². The summed E-state index contributed by atoms with van der Waals surface area (Å²) >= 11 is 0. The lowest BCUT2D eigenvalue weighted by molar-refractivity contribution is 0.0944. The van der Waals surface area contributed by atoms with E-state index in [0.29, 0.717) is 17.9 Å². The van der Waals surface area contributed by atoms with Crippen LogP contribution in [0.15, 0.2) is 24.3 Å². The molecule has 0 aliphatic heterocycles. The topological polar surface area (TPSA) is 52.9 Å². The summed E-state index contributed by atoms with van der Waals surface area (Å²) in [5, 5.41) is 11.5. The minimum atomic E-state index is -0.410. The molecule has 0 heterocycles. The van der Waals surface area contributed by atoms with Crippen molar-refractivity contribution in [3.05, 3.63) is 35.4 Å². The van der Waals surface area contributed by atoms with Gasteiger partial charge in [0.1, 0.15) is 6.04 Å². The lowest BCUT2D eigenvalue weighted by Crippen LogP contribution is -2.33. The normalized spacial score (nSPS) is 11.9. The summed E-state index contributed by atoms with van der Waals surface area (Å²) in [6.45, 7) is 6.09. The lowest BCUT2D eigenvalue weighted by atomic mass is 10.0. The highest BCUT2D eigenvalue weighted by molar-refractivity contribution is 5.94. The average Bonchev–Trinajstić information content (AvgIpc) is 2.35. The standard InChI is InChI=1S/C14H18N2O/c1-4-13(9-15)16-14(17)12-7-5-11(6-8-12)10(2)3/h5-8,10,13H,4H2,1-3H3,(H,16,17). The maximum absolute atomic E-state index is 11.8. The first-order chi connectivity index (χ1) is 8.08. The van der Waals surface area contributed by atoms with Crippen molar-refractivity contribution in [2.75, 3.05) is 0 Å². The van der Waals surface area contributed by atoms with E-state index >= 15 is 0 Å². The van der Waals surface area contributed by atoms with Crippen molar-refractivity contribution in [3.63, 3.8) is 0 Å². The van der Waals surface area contributed by atoms with Crippen LogP contribution in [0.5, 0.6) is 0 Å². The fourth-order valence-corrected chi connectivity index (χ4v) is 1.49. The molecule has 0 saturated heterocycles. The number of nitrogens with zero attached hydrogens (tertiary/aromatic N) is 1. The molecule has 1 rings (SSSR count). The molecule has 1 N–H and O–H groups in total. The van der Waals surface area contributed by atoms with E-state index in [2.05, 4.69) is 25.2 Å². The highest BCUT2D eigenvalue weighted by Gasteiger charge is 2.11. The monoisotopic (exact) mass is 230 g/mol. The molecule has 0 fully saturated rings. The van der Waals surface area contributed by atoms with Crippen LogP contribution in [0.4, 0.5) is 0 Å². The van der Waals surface area contributed by atoms with Crippen LogP contribution in [0.3, 0.4) is 0 Å². The van der Waals surface area contributed by atoms with Gasteiger partial charge in [-0.1, -0.05) is 32.9 Å². The fourth-order valence-electron chi connectivity index (χ4n) is 1.49. The summed E-state index contributed by atoms with van der Waals surface area (Å²) < 4.78 is 0. The first kappa shape index (κ1) is 13.2. The second-order valence-electron chi connectivity index (χ2n) is 4.34. The predicted octanol–water partition coefficient (Wildman–Crippen LogP) is 2.84. The van der Waals surface area contributed by atoms with Gasteiger partial charge in [-0.2, -0.15) is 5.26 Å². The Morgan fingerprint density at radius 3 is 2.35 bits per heavy atom. The van der Waals surface area contributed by atoms with Crippen LogP contribution in [-0.2, 0) is 0 Å². The van der Waals surface area contributed by atoms with E-state index in [1.807, 2.05) is 19.1 Å². The summed E-state index contributed by atoms with van der Waals surface area (Å²) in [6.07, 6.45) is 0.617. The van der Waals surface area contributed by atoms with Gasteiger partial charge in [0.2, 0.25) is 0 Å². The van der Waals surface area contributed by atoms with Crippen molar-refractivity contribution in [1.29, 1.82) is 5.26 Å². The van der Waals surface area contributed by atoms with Gasteiger partial charge in [0.05, 0.1) is 6.07 Å². The zero-order valence-electron chi connectivity index (χ0n) is 10.5. The Bertz CT molecular complexity index is 415. The minimum absolute atomic E-state index is 0.186. The molecule has 0 saturated carbocycles. The van der Waals surface area contributed by atoms with E-state index in [9.17, 15) is 4.79 Å². The number of nitriles is 1. The Hall–Kier alpha value is -1.82. The molecule has 1 aromatic rings. The van der Waals surface area contributed by atoms with Gasteiger partial charge in [0.15, 0.2) is 0 Å². The van der Waals surface area contributed by atoms with E-state index in [1.54, 1.807) is 12.1 Å². The average molecular weight is 230 g/mol. The SMILES string of the molecule is CCC(C#N)NC(=O)c1ccc(C(C)C)cc1. The van der Waals surface area contributed by atoms with E-state index in [1.165, 1.54) is 5.56 Å². The summed E-state index contributed by atoms with van der Waals surface area (Å²) in [6, 6.07) is 9.14. The molecular weight excluding hydrogens is 212 g/mol. The first-order valence-electron chi connectivity index (χ1n) is 5.89. The molecule has 3 heteroatoms. The second kappa shape index (κ2) is 6.05. The van der Waals surface area contributed by atoms with E-state index in [-0.39, 0.29) is 5.91 Å². The highest BCUT2D eigenvalue weighted by atomic mass is 16.1. The second-order valence-corrected chi connectivity index (χ2v) is 4.34. The molecule has 0 bridgehead atoms. The lowest BCUT2D eigenvalue weighted by Gasteiger charge is -2.10. The molecular formula is C14H18N2O. The molecule has 0 radical (unpaired) electrons. The van der Waals surface area contributed by atoms with Crippen molar-refractivity contribution >= 4 is 5.91 Å². The van der Waals surface area contributed by atoms with Gasteiger partial charge >= 0.3 is 0 Å². The molecule has 0 aliphatic carbocycles. The first-order valence-corrected chi connectivity index (χ1v) is 5.89. The van der Waals surface area contributed by atoms with Crippen LogP contribution < -0.4 is 5.32 Å². The number of amides is 1. The molecule has 1 amide bonds. The molecule has 1 atom stereocenters. The van der Waals surface area contributed by atoms with E-state index in [4.69, 9.17) is 5.26 Å². The van der Waals surface area contributed by atoms with Crippen LogP contribution in [-0.4, -0.2) is 11.9 Å². The summed E-state index contributed by atoms with van der Waals surface area (Å²) in [5.41, 5.74) is 1.80. The summed E-state index contributed by atoms with van der Waals surface area (Å²) in [7, 11) is 0. The molecule has 3 nitrogen and oxygen atoms in total. The van der Waals surface area contributed by atoms with Crippen molar-refractivity contribution in [1.82, 2.24) is 5.32 Å². The Labute approximate surface area is 102 Å². The molecule has 90 valence electrons. The highest BCUT2D eigenvalue weighted by Crippen LogP contribution is 2.14. The van der Waals surface area contributed by atoms with Gasteiger partial charge in [0, 0.05) is 5.56 Å². The zero-order valence-corrected chi connectivity index (χ0v) is 10.5. The number of hydrogen-bond donors (Lipinski definition) is 1. The minimum Gasteiger partial charge on any atom is -0.336 e. The van der Waals surface area contributed by atoms with Gasteiger partial charge in [0.25, 0.3) is 5.91 Å². The predicted molar refractivity (Wildman–Crippen MR) is 67.7 cm³/mol. The Morgan fingerprint density at radius 2 is 1.94 bits per heavy atom. The molecule has 0 aromatic heterocycles. The number of carbonyl (C=O) groups excluding carboxylic acids is 1. The molecule has 1 unspecified atom stereocenters. The third kappa shape index (κ3) is 3.60. The van der Waals surface area contributed by atoms with Crippen molar-refractivity contribution < 1.29 is 4.79 Å². The Morgan fingerprint density at radius 1 is 1.35 bits per heavy atom. The van der Waals surface area contributed by atoms with Gasteiger partial charge < -0.3 is 5.32 Å². The molecule has 17 heavy (non-hydrogen) atoms. The maximum Gasteiger partial charge on any atom is 0.252 e. The fraction of sp³-hybridized carbons (Fsp3) is 0.429. The van der Waals surface area contributed by atoms with Crippen molar-refractivity contribution in [2.45, 2.75) is 39.2 Å². The smallest absolute Gasteiger partial charge is 0.252 e. The third-order valence-electron chi connectivity index (χ3n) is 2.71. The Kier molecular flexibility index (Phi) is 4.71. The number of nitrogens with one attached hydrogen (secondary N) is 1. The van der Waals surface area contributed by atoms with Gasteiger partial charge in [-0.3, -0.25) is 4.79 Å². The molecule has 0 aliphatic rings.